The zero-order valence-corrected chi connectivity index (χ0v) is 11.1. The topological polar surface area (TPSA) is 57.6 Å². The lowest BCUT2D eigenvalue weighted by atomic mass is 10.2. The number of nitrogens with one attached hydrogen (secondary N) is 1. The summed E-state index contributed by atoms with van der Waals surface area (Å²) in [5.41, 5.74) is 2.44. The molecule has 94 valence electrons. The van der Waals surface area contributed by atoms with Crippen LogP contribution < -0.4 is 0 Å². The molecule has 1 N–H and O–H groups in total. The molecular formula is C14H11N3OS. The minimum absolute atomic E-state index is 0.0230. The monoisotopic (exact) mass is 269 g/mol. The highest BCUT2D eigenvalue weighted by Gasteiger charge is 2.15. The van der Waals surface area contributed by atoms with E-state index < -0.39 is 0 Å². The van der Waals surface area contributed by atoms with E-state index in [1.807, 2.05) is 35.8 Å². The molecule has 0 fully saturated rings. The van der Waals surface area contributed by atoms with Crippen LogP contribution >= 0.6 is 12.2 Å². The van der Waals surface area contributed by atoms with Crippen LogP contribution in [0.15, 0.2) is 41.0 Å². The van der Waals surface area contributed by atoms with Crippen LogP contribution in [0.25, 0.3) is 11.0 Å². The highest BCUT2D eigenvalue weighted by molar-refractivity contribution is 7.71. The number of nitrogens with zero attached hydrogens (tertiary/aromatic N) is 2. The van der Waals surface area contributed by atoms with Crippen LogP contribution in [0.4, 0.5) is 0 Å². The van der Waals surface area contributed by atoms with Gasteiger partial charge in [0.05, 0.1) is 35.0 Å². The molecule has 5 heteroatoms. The Labute approximate surface area is 114 Å². The molecule has 0 bridgehead atoms. The van der Waals surface area contributed by atoms with Crippen molar-refractivity contribution in [2.75, 3.05) is 0 Å². The van der Waals surface area contributed by atoms with Crippen LogP contribution in [0.5, 0.6) is 0 Å². The largest absolute Gasteiger partial charge is 0.467 e. The van der Waals surface area contributed by atoms with Crippen LogP contribution in [-0.4, -0.2) is 9.55 Å². The van der Waals surface area contributed by atoms with Gasteiger partial charge >= 0.3 is 0 Å². The lowest BCUT2D eigenvalue weighted by molar-refractivity contribution is 0.449. The summed E-state index contributed by atoms with van der Waals surface area (Å²) in [6.45, 7) is 2.01. The van der Waals surface area contributed by atoms with Gasteiger partial charge in [0.1, 0.15) is 5.76 Å². The van der Waals surface area contributed by atoms with Crippen molar-refractivity contribution in [3.63, 3.8) is 0 Å². The van der Waals surface area contributed by atoms with E-state index in [-0.39, 0.29) is 6.04 Å². The van der Waals surface area contributed by atoms with Gasteiger partial charge in [-0.2, -0.15) is 5.26 Å². The van der Waals surface area contributed by atoms with Gasteiger partial charge in [-0.15, -0.1) is 0 Å². The third kappa shape index (κ3) is 1.86. The molecule has 0 radical (unpaired) electrons. The quantitative estimate of drug-likeness (QED) is 0.720. The van der Waals surface area contributed by atoms with Crippen molar-refractivity contribution in [2.45, 2.75) is 13.0 Å². The van der Waals surface area contributed by atoms with Gasteiger partial charge in [0.25, 0.3) is 0 Å². The Kier molecular flexibility index (Phi) is 2.73. The summed E-state index contributed by atoms with van der Waals surface area (Å²) in [6.07, 6.45) is 1.64. The molecule has 0 saturated carbocycles. The number of hydrogen-bond donors (Lipinski definition) is 1. The molecule has 1 atom stereocenters. The van der Waals surface area contributed by atoms with Crippen LogP contribution in [0.2, 0.25) is 0 Å². The number of furan rings is 1. The summed E-state index contributed by atoms with van der Waals surface area (Å²) in [4.78, 5) is 3.15. The average molecular weight is 269 g/mol. The number of aromatic nitrogens is 2. The second-order valence-electron chi connectivity index (χ2n) is 4.34. The highest BCUT2D eigenvalue weighted by Crippen LogP contribution is 2.25. The van der Waals surface area contributed by atoms with E-state index >= 15 is 0 Å². The average Bonchev–Trinajstić information content (AvgIpc) is 3.03. The summed E-state index contributed by atoms with van der Waals surface area (Å²) < 4.78 is 8.02. The molecule has 0 aliphatic rings. The van der Waals surface area contributed by atoms with Crippen molar-refractivity contribution in [2.24, 2.45) is 0 Å². The predicted molar refractivity (Wildman–Crippen MR) is 74.4 cm³/mol. The summed E-state index contributed by atoms with van der Waals surface area (Å²) >= 11 is 5.37. The second-order valence-corrected chi connectivity index (χ2v) is 4.72. The first-order valence-electron chi connectivity index (χ1n) is 5.88. The molecule has 0 spiro atoms. The maximum Gasteiger partial charge on any atom is 0.178 e. The molecule has 4 nitrogen and oxygen atoms in total. The van der Waals surface area contributed by atoms with Crippen molar-refractivity contribution in [3.8, 4) is 6.07 Å². The Morgan fingerprint density at radius 3 is 2.95 bits per heavy atom. The fourth-order valence-electron chi connectivity index (χ4n) is 2.23. The standard InChI is InChI=1S/C14H11N3OS/c1-9(13-3-2-6-18-13)17-12-7-10(8-15)4-5-11(12)16-14(17)19/h2-7,9H,1H3,(H,16,19). The van der Waals surface area contributed by atoms with E-state index in [1.165, 1.54) is 0 Å². The molecule has 1 unspecified atom stereocenters. The normalized spacial score (nSPS) is 12.4. The van der Waals surface area contributed by atoms with Gasteiger partial charge < -0.3 is 14.0 Å². The maximum atomic E-state index is 9.00. The Bertz CT molecular complexity index is 821. The first-order chi connectivity index (χ1) is 9.20. The number of hydrogen-bond acceptors (Lipinski definition) is 3. The van der Waals surface area contributed by atoms with E-state index in [0.717, 1.165) is 16.8 Å². The number of aromatic amines is 1. The van der Waals surface area contributed by atoms with Gasteiger partial charge in [0, 0.05) is 0 Å². The lowest BCUT2D eigenvalue weighted by Crippen LogP contribution is -2.05. The predicted octanol–water partition coefficient (Wildman–Crippen LogP) is 3.77. The molecule has 0 aliphatic carbocycles. The molecule has 19 heavy (non-hydrogen) atoms. The van der Waals surface area contributed by atoms with E-state index in [0.29, 0.717) is 10.3 Å². The maximum absolute atomic E-state index is 9.00. The molecule has 0 saturated heterocycles. The summed E-state index contributed by atoms with van der Waals surface area (Å²) in [5, 5.41) is 9.00. The SMILES string of the molecule is CC(c1ccco1)n1c(=S)[nH]c2ccc(C#N)cc21. The van der Waals surface area contributed by atoms with Gasteiger partial charge in [0.15, 0.2) is 4.77 Å². The van der Waals surface area contributed by atoms with E-state index in [9.17, 15) is 0 Å². The zero-order chi connectivity index (χ0) is 13.4. The number of nitriles is 1. The van der Waals surface area contributed by atoms with Crippen molar-refractivity contribution in [1.29, 1.82) is 5.26 Å². The van der Waals surface area contributed by atoms with Gasteiger partial charge in [-0.05, 0) is 49.5 Å². The fourth-order valence-corrected chi connectivity index (χ4v) is 2.60. The molecule has 0 amide bonds. The van der Waals surface area contributed by atoms with Crippen LogP contribution in [0, 0.1) is 16.1 Å². The van der Waals surface area contributed by atoms with Gasteiger partial charge in [-0.25, -0.2) is 0 Å². The number of fused-ring (bicyclic) bond motifs is 1. The van der Waals surface area contributed by atoms with Gasteiger partial charge in [-0.3, -0.25) is 0 Å². The molecule has 2 heterocycles. The number of H-pyrrole nitrogens is 1. The van der Waals surface area contributed by atoms with Crippen LogP contribution in [0.3, 0.4) is 0 Å². The smallest absolute Gasteiger partial charge is 0.178 e. The third-order valence-corrected chi connectivity index (χ3v) is 3.49. The first-order valence-corrected chi connectivity index (χ1v) is 6.29. The molecule has 0 aliphatic heterocycles. The first kappa shape index (κ1) is 11.8. The summed E-state index contributed by atoms with van der Waals surface area (Å²) in [5.74, 6) is 0.833. The minimum atomic E-state index is -0.0230. The van der Waals surface area contributed by atoms with Crippen molar-refractivity contribution < 1.29 is 4.42 Å². The third-order valence-electron chi connectivity index (χ3n) is 3.19. The Morgan fingerprint density at radius 2 is 2.26 bits per heavy atom. The van der Waals surface area contributed by atoms with Gasteiger partial charge in [0.2, 0.25) is 0 Å². The molecule has 1 aromatic carbocycles. The van der Waals surface area contributed by atoms with E-state index in [2.05, 4.69) is 11.1 Å². The summed E-state index contributed by atoms with van der Waals surface area (Å²) in [7, 11) is 0. The second kappa shape index (κ2) is 4.41. The number of rotatable bonds is 2. The number of benzene rings is 1. The molecule has 3 rings (SSSR count). The van der Waals surface area contributed by atoms with Crippen molar-refractivity contribution in [3.05, 3.63) is 52.7 Å². The van der Waals surface area contributed by atoms with Crippen LogP contribution in [-0.2, 0) is 0 Å². The molecular weight excluding hydrogens is 258 g/mol. The van der Waals surface area contributed by atoms with E-state index in [1.54, 1.807) is 12.3 Å². The fraction of sp³-hybridized carbons (Fsp3) is 0.143. The highest BCUT2D eigenvalue weighted by atomic mass is 32.1. The zero-order valence-electron chi connectivity index (χ0n) is 10.3. The van der Waals surface area contributed by atoms with Crippen LogP contribution in [0.1, 0.15) is 24.3 Å². The van der Waals surface area contributed by atoms with E-state index in [4.69, 9.17) is 21.9 Å². The molecule has 3 aromatic rings. The molecule has 2 aromatic heterocycles. The van der Waals surface area contributed by atoms with Gasteiger partial charge in [-0.1, -0.05) is 0 Å². The Hall–Kier alpha value is -2.32. The Balaban J connectivity index is 2.25. The Morgan fingerprint density at radius 1 is 1.42 bits per heavy atom. The summed E-state index contributed by atoms with van der Waals surface area (Å²) in [6, 6.07) is 11.4. The lowest BCUT2D eigenvalue weighted by Gasteiger charge is -2.11. The minimum Gasteiger partial charge on any atom is -0.467 e. The number of imidazole rings is 1. The van der Waals surface area contributed by atoms with Crippen molar-refractivity contribution in [1.82, 2.24) is 9.55 Å². The van der Waals surface area contributed by atoms with Crippen molar-refractivity contribution >= 4 is 23.3 Å².